The molecule has 14 heavy (non-hydrogen) atoms. The van der Waals surface area contributed by atoms with Crippen LogP contribution in [0.25, 0.3) is 0 Å². The molecule has 0 aromatic carbocycles. The van der Waals surface area contributed by atoms with Gasteiger partial charge in [0.15, 0.2) is 0 Å². The molecule has 0 bridgehead atoms. The molecule has 0 spiro atoms. The smallest absolute Gasteiger partial charge is 0.323 e. The van der Waals surface area contributed by atoms with Crippen LogP contribution >= 0.6 is 0 Å². The van der Waals surface area contributed by atoms with E-state index in [1.807, 2.05) is 20.8 Å². The zero-order valence-electron chi connectivity index (χ0n) is 9.91. The first-order chi connectivity index (χ1) is 6.34. The number of nitrogens with two attached hydrogens (primary N) is 1. The largest absolute Gasteiger partial charge is 0.461 e. The van der Waals surface area contributed by atoms with E-state index >= 15 is 0 Å². The SMILES string of the molecule is CC(C)CC(C)OC(=O)[C@@H](N)C(C)C. The molecular weight excluding hydrogens is 178 g/mol. The lowest BCUT2D eigenvalue weighted by Crippen LogP contribution is -2.38. The Hall–Kier alpha value is -0.570. The fourth-order valence-electron chi connectivity index (χ4n) is 1.26. The molecule has 0 rings (SSSR count). The lowest BCUT2D eigenvalue weighted by atomic mass is 10.1. The van der Waals surface area contributed by atoms with Crippen molar-refractivity contribution in [3.8, 4) is 0 Å². The Bertz CT molecular complexity index is 178. The number of carbonyl (C=O) groups is 1. The highest BCUT2D eigenvalue weighted by Gasteiger charge is 2.21. The van der Waals surface area contributed by atoms with E-state index in [-0.39, 0.29) is 18.0 Å². The Morgan fingerprint density at radius 1 is 1.21 bits per heavy atom. The van der Waals surface area contributed by atoms with Crippen molar-refractivity contribution in [2.45, 2.75) is 53.2 Å². The maximum Gasteiger partial charge on any atom is 0.323 e. The van der Waals surface area contributed by atoms with E-state index in [0.29, 0.717) is 5.92 Å². The highest BCUT2D eigenvalue weighted by molar-refractivity contribution is 5.75. The van der Waals surface area contributed by atoms with Crippen molar-refractivity contribution in [3.05, 3.63) is 0 Å². The van der Waals surface area contributed by atoms with Crippen molar-refractivity contribution in [2.24, 2.45) is 17.6 Å². The van der Waals surface area contributed by atoms with Gasteiger partial charge in [0.2, 0.25) is 0 Å². The Labute approximate surface area is 87.0 Å². The van der Waals surface area contributed by atoms with E-state index in [1.165, 1.54) is 0 Å². The van der Waals surface area contributed by atoms with Crippen LogP contribution in [0, 0.1) is 11.8 Å². The van der Waals surface area contributed by atoms with E-state index in [4.69, 9.17) is 10.5 Å². The Morgan fingerprint density at radius 2 is 1.71 bits per heavy atom. The first-order valence-corrected chi connectivity index (χ1v) is 5.30. The average Bonchev–Trinajstić information content (AvgIpc) is 2.00. The standard InChI is InChI=1S/C11H23NO2/c1-7(2)6-9(5)14-11(13)10(12)8(3)4/h7-10H,6,12H2,1-5H3/t9?,10-/m0/s1. The van der Waals surface area contributed by atoms with Gasteiger partial charge in [0.05, 0.1) is 6.10 Å². The van der Waals surface area contributed by atoms with E-state index < -0.39 is 6.04 Å². The summed E-state index contributed by atoms with van der Waals surface area (Å²) in [5.41, 5.74) is 5.66. The summed E-state index contributed by atoms with van der Waals surface area (Å²) in [6, 6.07) is -0.496. The van der Waals surface area contributed by atoms with E-state index in [0.717, 1.165) is 6.42 Å². The molecule has 0 saturated carbocycles. The van der Waals surface area contributed by atoms with Crippen LogP contribution in [-0.2, 0) is 9.53 Å². The fraction of sp³-hybridized carbons (Fsp3) is 0.909. The van der Waals surface area contributed by atoms with Gasteiger partial charge in [0.25, 0.3) is 0 Å². The summed E-state index contributed by atoms with van der Waals surface area (Å²) in [4.78, 5) is 11.4. The van der Waals surface area contributed by atoms with Crippen LogP contribution in [0.3, 0.4) is 0 Å². The van der Waals surface area contributed by atoms with E-state index in [9.17, 15) is 4.79 Å². The van der Waals surface area contributed by atoms with Gasteiger partial charge in [-0.1, -0.05) is 27.7 Å². The number of hydrogen-bond donors (Lipinski definition) is 1. The second-order valence-corrected chi connectivity index (χ2v) is 4.65. The summed E-state index contributed by atoms with van der Waals surface area (Å²) in [5, 5.41) is 0. The molecule has 0 radical (unpaired) electrons. The second-order valence-electron chi connectivity index (χ2n) is 4.65. The van der Waals surface area contributed by atoms with Crippen LogP contribution in [0.4, 0.5) is 0 Å². The molecule has 0 aliphatic carbocycles. The Kier molecular flexibility index (Phi) is 5.77. The molecule has 0 amide bonds. The van der Waals surface area contributed by atoms with Gasteiger partial charge in [0, 0.05) is 0 Å². The summed E-state index contributed by atoms with van der Waals surface area (Å²) >= 11 is 0. The maximum atomic E-state index is 11.4. The van der Waals surface area contributed by atoms with Gasteiger partial charge in [-0.05, 0) is 25.2 Å². The molecule has 0 aliphatic rings. The first kappa shape index (κ1) is 13.4. The number of carbonyl (C=O) groups excluding carboxylic acids is 1. The molecular formula is C11H23NO2. The molecule has 3 nitrogen and oxygen atoms in total. The zero-order chi connectivity index (χ0) is 11.3. The molecule has 2 N–H and O–H groups in total. The summed E-state index contributed by atoms with van der Waals surface area (Å²) in [5.74, 6) is 0.384. The van der Waals surface area contributed by atoms with Gasteiger partial charge in [-0.3, -0.25) is 4.79 Å². The first-order valence-electron chi connectivity index (χ1n) is 5.30. The molecule has 1 unspecified atom stereocenters. The highest BCUT2D eigenvalue weighted by Crippen LogP contribution is 2.09. The summed E-state index contributed by atoms with van der Waals surface area (Å²) in [6.45, 7) is 9.95. The minimum absolute atomic E-state index is 0.0349. The average molecular weight is 201 g/mol. The predicted molar refractivity (Wildman–Crippen MR) is 57.8 cm³/mol. The molecule has 2 atom stereocenters. The molecule has 3 heteroatoms. The third-order valence-corrected chi connectivity index (χ3v) is 2.11. The summed E-state index contributed by atoms with van der Waals surface area (Å²) in [6.07, 6.45) is 0.851. The van der Waals surface area contributed by atoms with Crippen LogP contribution in [0.15, 0.2) is 0 Å². The number of ether oxygens (including phenoxy) is 1. The van der Waals surface area contributed by atoms with Gasteiger partial charge in [-0.15, -0.1) is 0 Å². The number of hydrogen-bond acceptors (Lipinski definition) is 3. The van der Waals surface area contributed by atoms with Crippen LogP contribution in [-0.4, -0.2) is 18.1 Å². The van der Waals surface area contributed by atoms with Crippen LogP contribution in [0.5, 0.6) is 0 Å². The summed E-state index contributed by atoms with van der Waals surface area (Å²) < 4.78 is 5.22. The monoisotopic (exact) mass is 201 g/mol. The molecule has 84 valence electrons. The summed E-state index contributed by atoms with van der Waals surface area (Å²) in [7, 11) is 0. The van der Waals surface area contributed by atoms with Crippen molar-refractivity contribution in [1.82, 2.24) is 0 Å². The quantitative estimate of drug-likeness (QED) is 0.692. The van der Waals surface area contributed by atoms with Crippen molar-refractivity contribution in [2.75, 3.05) is 0 Å². The van der Waals surface area contributed by atoms with Gasteiger partial charge in [-0.25, -0.2) is 0 Å². The normalized spacial score (nSPS) is 15.7. The second kappa shape index (κ2) is 6.02. The minimum Gasteiger partial charge on any atom is -0.461 e. The molecule has 0 fully saturated rings. The van der Waals surface area contributed by atoms with Crippen LogP contribution in [0.2, 0.25) is 0 Å². The predicted octanol–water partition coefficient (Wildman–Crippen LogP) is 1.95. The van der Waals surface area contributed by atoms with Crippen LogP contribution in [0.1, 0.15) is 41.0 Å². The van der Waals surface area contributed by atoms with Gasteiger partial charge < -0.3 is 10.5 Å². The number of rotatable bonds is 5. The maximum absolute atomic E-state index is 11.4. The van der Waals surface area contributed by atoms with E-state index in [1.54, 1.807) is 0 Å². The van der Waals surface area contributed by atoms with E-state index in [2.05, 4.69) is 13.8 Å². The molecule has 0 heterocycles. The fourth-order valence-corrected chi connectivity index (χ4v) is 1.26. The molecule has 0 aromatic rings. The zero-order valence-corrected chi connectivity index (χ0v) is 9.91. The minimum atomic E-state index is -0.496. The highest BCUT2D eigenvalue weighted by atomic mass is 16.5. The van der Waals surface area contributed by atoms with Crippen molar-refractivity contribution in [1.29, 1.82) is 0 Å². The van der Waals surface area contributed by atoms with Crippen molar-refractivity contribution >= 4 is 5.97 Å². The van der Waals surface area contributed by atoms with Crippen LogP contribution < -0.4 is 5.73 Å². The lowest BCUT2D eigenvalue weighted by Gasteiger charge is -2.19. The topological polar surface area (TPSA) is 52.3 Å². The number of esters is 1. The molecule has 0 saturated heterocycles. The Morgan fingerprint density at radius 3 is 2.07 bits per heavy atom. The third-order valence-electron chi connectivity index (χ3n) is 2.11. The third kappa shape index (κ3) is 5.22. The molecule has 0 aliphatic heterocycles. The van der Waals surface area contributed by atoms with Gasteiger partial charge in [-0.2, -0.15) is 0 Å². The van der Waals surface area contributed by atoms with Gasteiger partial charge >= 0.3 is 5.97 Å². The van der Waals surface area contributed by atoms with Gasteiger partial charge in [0.1, 0.15) is 6.04 Å². The molecule has 0 aromatic heterocycles. The Balaban J connectivity index is 3.93. The lowest BCUT2D eigenvalue weighted by molar-refractivity contribution is -0.151. The van der Waals surface area contributed by atoms with Crippen molar-refractivity contribution in [3.63, 3.8) is 0 Å². The van der Waals surface area contributed by atoms with Crippen molar-refractivity contribution < 1.29 is 9.53 Å².